The number of aliphatic hydroxyl groups excluding tert-OH is 3. The van der Waals surface area contributed by atoms with Crippen LogP contribution in [0.2, 0.25) is 0 Å². The zero-order valence-electron chi connectivity index (χ0n) is 12.9. The Kier molecular flexibility index (Phi) is 3.61. The highest BCUT2D eigenvalue weighted by atomic mass is 16.6. The molecular weight excluding hydrogens is 314 g/mol. The molecule has 1 aliphatic heterocycles. The van der Waals surface area contributed by atoms with Gasteiger partial charge in [0.15, 0.2) is 12.0 Å². The summed E-state index contributed by atoms with van der Waals surface area (Å²) in [5.41, 5.74) is 1.21. The highest BCUT2D eigenvalue weighted by Crippen LogP contribution is 2.34. The summed E-state index contributed by atoms with van der Waals surface area (Å²) in [6.45, 7) is 1.39. The number of aryl methyl sites for hydroxylation is 1. The first kappa shape index (κ1) is 15.3. The van der Waals surface area contributed by atoms with Crippen molar-refractivity contribution in [2.45, 2.75) is 31.5 Å². The van der Waals surface area contributed by atoms with Crippen LogP contribution < -0.4 is 0 Å². The number of aromatic nitrogens is 3. The molecule has 24 heavy (non-hydrogen) atoms. The molecule has 1 aliphatic rings. The molecule has 0 bridgehead atoms. The lowest BCUT2D eigenvalue weighted by Gasteiger charge is -2.17. The lowest BCUT2D eigenvalue weighted by atomic mass is 10.1. The molecule has 0 aromatic carbocycles. The molecule has 1 fully saturated rings. The van der Waals surface area contributed by atoms with E-state index in [4.69, 9.17) is 9.15 Å². The zero-order valence-corrected chi connectivity index (χ0v) is 12.9. The Hall–Kier alpha value is -2.26. The van der Waals surface area contributed by atoms with Gasteiger partial charge < -0.3 is 29.0 Å². The minimum atomic E-state index is -1.17. The SMILES string of the molecule is Cc1nc(-c2ccco2)c2ccn([C@@H]3O[C@H](CO)C(O)C3O)c2n1. The second-order valence-corrected chi connectivity index (χ2v) is 5.79. The number of aliphatic hydroxyl groups is 3. The number of hydrogen-bond acceptors (Lipinski definition) is 7. The first-order valence-corrected chi connectivity index (χ1v) is 7.61. The lowest BCUT2D eigenvalue weighted by molar-refractivity contribution is -0.0508. The number of nitrogens with zero attached hydrogens (tertiary/aromatic N) is 3. The van der Waals surface area contributed by atoms with E-state index in [1.165, 1.54) is 0 Å². The highest BCUT2D eigenvalue weighted by molar-refractivity contribution is 5.89. The topological polar surface area (TPSA) is 114 Å². The fourth-order valence-corrected chi connectivity index (χ4v) is 3.06. The minimum absolute atomic E-state index is 0.375. The zero-order chi connectivity index (χ0) is 16.8. The monoisotopic (exact) mass is 331 g/mol. The van der Waals surface area contributed by atoms with E-state index in [1.807, 2.05) is 6.07 Å². The second-order valence-electron chi connectivity index (χ2n) is 5.79. The van der Waals surface area contributed by atoms with Gasteiger partial charge >= 0.3 is 0 Å². The van der Waals surface area contributed by atoms with Gasteiger partial charge in [-0.1, -0.05) is 0 Å². The molecule has 3 aromatic heterocycles. The van der Waals surface area contributed by atoms with E-state index in [2.05, 4.69) is 9.97 Å². The van der Waals surface area contributed by atoms with Crippen LogP contribution in [-0.2, 0) is 4.74 Å². The van der Waals surface area contributed by atoms with Gasteiger partial charge in [0, 0.05) is 11.6 Å². The van der Waals surface area contributed by atoms with E-state index >= 15 is 0 Å². The van der Waals surface area contributed by atoms with Crippen molar-refractivity contribution in [1.29, 1.82) is 0 Å². The van der Waals surface area contributed by atoms with Gasteiger partial charge in [-0.25, -0.2) is 9.97 Å². The maximum Gasteiger partial charge on any atom is 0.164 e. The summed E-state index contributed by atoms with van der Waals surface area (Å²) >= 11 is 0. The van der Waals surface area contributed by atoms with Crippen molar-refractivity contribution in [2.24, 2.45) is 0 Å². The Morgan fingerprint density at radius 2 is 2.04 bits per heavy atom. The fraction of sp³-hybridized carbons (Fsp3) is 0.375. The molecule has 0 saturated carbocycles. The number of furan rings is 1. The standard InChI is InChI=1S/C16H17N3O5/c1-8-17-12(10-3-2-6-23-10)9-4-5-19(15(9)18-8)16-14(22)13(21)11(7-20)24-16/h2-6,11,13-14,16,20-22H,7H2,1H3/t11-,13?,14?,16-/m1/s1. The summed E-state index contributed by atoms with van der Waals surface area (Å²) in [4.78, 5) is 8.87. The van der Waals surface area contributed by atoms with Crippen LogP contribution in [0.3, 0.4) is 0 Å². The predicted octanol–water partition coefficient (Wildman–Crippen LogP) is 0.611. The summed E-state index contributed by atoms with van der Waals surface area (Å²) < 4.78 is 12.7. The van der Waals surface area contributed by atoms with Gasteiger partial charge in [0.2, 0.25) is 0 Å². The molecule has 8 heteroatoms. The maximum absolute atomic E-state index is 10.2. The summed E-state index contributed by atoms with van der Waals surface area (Å²) in [6.07, 6.45) is -0.721. The van der Waals surface area contributed by atoms with Gasteiger partial charge in [0.25, 0.3) is 0 Å². The summed E-state index contributed by atoms with van der Waals surface area (Å²) in [5, 5.41) is 30.2. The highest BCUT2D eigenvalue weighted by Gasteiger charge is 2.43. The number of fused-ring (bicyclic) bond motifs is 1. The molecule has 4 heterocycles. The Morgan fingerprint density at radius 1 is 1.21 bits per heavy atom. The number of hydrogen-bond donors (Lipinski definition) is 3. The third-order valence-electron chi connectivity index (χ3n) is 4.23. The molecule has 4 rings (SSSR count). The maximum atomic E-state index is 10.2. The van der Waals surface area contributed by atoms with Crippen molar-refractivity contribution in [1.82, 2.24) is 14.5 Å². The Labute approximate surface area is 137 Å². The molecule has 8 nitrogen and oxygen atoms in total. The van der Waals surface area contributed by atoms with E-state index in [0.29, 0.717) is 22.9 Å². The number of rotatable bonds is 3. The van der Waals surface area contributed by atoms with Crippen molar-refractivity contribution >= 4 is 11.0 Å². The van der Waals surface area contributed by atoms with E-state index in [-0.39, 0.29) is 6.61 Å². The first-order chi connectivity index (χ1) is 11.6. The van der Waals surface area contributed by atoms with Crippen LogP contribution in [0, 0.1) is 6.92 Å². The first-order valence-electron chi connectivity index (χ1n) is 7.61. The lowest BCUT2D eigenvalue weighted by Crippen LogP contribution is -2.33. The van der Waals surface area contributed by atoms with Gasteiger partial charge in [0.05, 0.1) is 12.9 Å². The van der Waals surface area contributed by atoms with Crippen LogP contribution in [-0.4, -0.2) is 54.8 Å². The molecule has 0 spiro atoms. The van der Waals surface area contributed by atoms with Crippen molar-refractivity contribution in [3.63, 3.8) is 0 Å². The van der Waals surface area contributed by atoms with Gasteiger partial charge in [-0.05, 0) is 25.1 Å². The third kappa shape index (κ3) is 2.23. The average Bonchev–Trinajstić information content (AvgIpc) is 3.28. The largest absolute Gasteiger partial charge is 0.463 e. The molecule has 0 radical (unpaired) electrons. The Balaban J connectivity index is 1.84. The van der Waals surface area contributed by atoms with Gasteiger partial charge in [0.1, 0.15) is 35.5 Å². The van der Waals surface area contributed by atoms with E-state index in [9.17, 15) is 15.3 Å². The van der Waals surface area contributed by atoms with Crippen LogP contribution in [0.1, 0.15) is 12.1 Å². The van der Waals surface area contributed by atoms with Crippen molar-refractivity contribution in [3.8, 4) is 11.5 Å². The molecule has 3 N–H and O–H groups in total. The second kappa shape index (κ2) is 5.67. The van der Waals surface area contributed by atoms with Crippen molar-refractivity contribution in [2.75, 3.05) is 6.61 Å². The molecule has 3 aromatic rings. The minimum Gasteiger partial charge on any atom is -0.463 e. The average molecular weight is 331 g/mol. The smallest absolute Gasteiger partial charge is 0.164 e. The molecule has 0 aliphatic carbocycles. The summed E-state index contributed by atoms with van der Waals surface area (Å²) in [5.74, 6) is 1.16. The van der Waals surface area contributed by atoms with Gasteiger partial charge in [-0.3, -0.25) is 0 Å². The predicted molar refractivity (Wildman–Crippen MR) is 83.0 cm³/mol. The Morgan fingerprint density at radius 3 is 2.71 bits per heavy atom. The number of ether oxygens (including phenoxy) is 1. The van der Waals surface area contributed by atoms with E-state index in [0.717, 1.165) is 5.39 Å². The molecule has 4 atom stereocenters. The quantitative estimate of drug-likeness (QED) is 0.644. The summed E-state index contributed by atoms with van der Waals surface area (Å²) in [6, 6.07) is 5.40. The normalized spacial score (nSPS) is 27.2. The molecule has 126 valence electrons. The van der Waals surface area contributed by atoms with Crippen LogP contribution in [0.15, 0.2) is 35.1 Å². The summed E-state index contributed by atoms with van der Waals surface area (Å²) in [7, 11) is 0. The van der Waals surface area contributed by atoms with Gasteiger partial charge in [-0.15, -0.1) is 0 Å². The molecule has 2 unspecified atom stereocenters. The van der Waals surface area contributed by atoms with Crippen LogP contribution in [0.4, 0.5) is 0 Å². The van der Waals surface area contributed by atoms with Crippen molar-refractivity contribution in [3.05, 3.63) is 36.5 Å². The molecule has 0 amide bonds. The van der Waals surface area contributed by atoms with E-state index in [1.54, 1.807) is 36.1 Å². The van der Waals surface area contributed by atoms with E-state index < -0.39 is 24.5 Å². The van der Waals surface area contributed by atoms with Crippen molar-refractivity contribution < 1.29 is 24.5 Å². The van der Waals surface area contributed by atoms with Crippen LogP contribution >= 0.6 is 0 Å². The van der Waals surface area contributed by atoms with Crippen LogP contribution in [0.25, 0.3) is 22.5 Å². The van der Waals surface area contributed by atoms with Crippen LogP contribution in [0.5, 0.6) is 0 Å². The molecule has 1 saturated heterocycles. The third-order valence-corrected chi connectivity index (χ3v) is 4.23. The molecular formula is C16H17N3O5. The Bertz CT molecular complexity index is 860. The van der Waals surface area contributed by atoms with Gasteiger partial charge in [-0.2, -0.15) is 0 Å². The fourth-order valence-electron chi connectivity index (χ4n) is 3.06.